The molecule has 0 radical (unpaired) electrons. The molecule has 1 N–H and O–H groups in total. The van der Waals surface area contributed by atoms with Gasteiger partial charge in [0, 0.05) is 11.4 Å². The largest absolute Gasteiger partial charge is 0.462 e. The summed E-state index contributed by atoms with van der Waals surface area (Å²) in [5.41, 5.74) is 2.21. The molecule has 2 aromatic heterocycles. The summed E-state index contributed by atoms with van der Waals surface area (Å²) in [5.74, 6) is -4.70. The lowest BCUT2D eigenvalue weighted by Gasteiger charge is -2.12. The van der Waals surface area contributed by atoms with Crippen molar-refractivity contribution in [3.8, 4) is 0 Å². The van der Waals surface area contributed by atoms with Crippen molar-refractivity contribution in [2.45, 2.75) is 53.0 Å². The molecule has 4 rings (SSSR count). The van der Waals surface area contributed by atoms with Gasteiger partial charge in [0.05, 0.1) is 34.6 Å². The Labute approximate surface area is 245 Å². The van der Waals surface area contributed by atoms with Crippen LogP contribution in [0.1, 0.15) is 64.8 Å². The molecule has 0 saturated heterocycles. The fraction of sp³-hybridized carbons (Fsp3) is 0.444. The minimum Gasteiger partial charge on any atom is -0.462 e. The number of nitrogens with zero attached hydrogens (tertiary/aromatic N) is 2. The third kappa shape index (κ3) is 7.11. The minimum absolute atomic E-state index is 0.168. The average Bonchev–Trinajstić information content (AvgIpc) is 3.44. The molecule has 1 aromatic carbocycles. The molecule has 220 valence electrons. The van der Waals surface area contributed by atoms with Crippen LogP contribution in [0, 0.1) is 0 Å². The quantitative estimate of drug-likeness (QED) is 0.338. The Kier molecular flexibility index (Phi) is 9.76. The van der Waals surface area contributed by atoms with Crippen molar-refractivity contribution in [1.29, 1.82) is 0 Å². The van der Waals surface area contributed by atoms with E-state index in [1.165, 1.54) is 11.3 Å². The minimum atomic E-state index is -4.17. The standard InChI is InChI=1S/C27H31N3O8S3/c1-4-30-18-12-11-16(25(33)37-5-2)13-20(18)40-27(30)29-22(32)15-41(35,36)14-21(31)28-24-23(26(34)38-6-3)17-9-7-8-10-19(17)39-24/h11-13H,4-10,14-15H2,1-3H3,(H,28,31). The van der Waals surface area contributed by atoms with Gasteiger partial charge in [-0.25, -0.2) is 18.0 Å². The molecule has 11 nitrogen and oxygen atoms in total. The SMILES string of the molecule is CCOC(=O)c1ccc2c(c1)sc(=NC(=O)CS(=O)(=O)CC(=O)Nc1sc3c(c1C(=O)OCC)CCCC3)n2CC. The second kappa shape index (κ2) is 13.1. The fourth-order valence-corrected chi connectivity index (χ4v) is 8.08. The molecule has 3 aromatic rings. The highest BCUT2D eigenvalue weighted by Gasteiger charge is 2.29. The number of carbonyl (C=O) groups is 4. The highest BCUT2D eigenvalue weighted by atomic mass is 32.2. The summed E-state index contributed by atoms with van der Waals surface area (Å²) in [4.78, 5) is 55.4. The first-order valence-corrected chi connectivity index (χ1v) is 16.7. The molecular weight excluding hydrogens is 591 g/mol. The molecule has 0 fully saturated rings. The topological polar surface area (TPSA) is 150 Å². The first-order valence-electron chi connectivity index (χ1n) is 13.3. The Hall–Kier alpha value is -3.36. The third-order valence-electron chi connectivity index (χ3n) is 6.33. The van der Waals surface area contributed by atoms with Gasteiger partial charge in [-0.05, 0) is 70.2 Å². The van der Waals surface area contributed by atoms with E-state index in [1.54, 1.807) is 36.6 Å². The van der Waals surface area contributed by atoms with Crippen LogP contribution in [0.4, 0.5) is 5.00 Å². The van der Waals surface area contributed by atoms with Gasteiger partial charge in [0.15, 0.2) is 14.6 Å². The van der Waals surface area contributed by atoms with E-state index in [2.05, 4.69) is 10.3 Å². The van der Waals surface area contributed by atoms with Gasteiger partial charge in [0.1, 0.15) is 16.5 Å². The Morgan fingerprint density at radius 2 is 1.68 bits per heavy atom. The van der Waals surface area contributed by atoms with E-state index >= 15 is 0 Å². The predicted molar refractivity (Wildman–Crippen MR) is 156 cm³/mol. The van der Waals surface area contributed by atoms with E-state index in [0.717, 1.165) is 46.6 Å². The van der Waals surface area contributed by atoms with Crippen LogP contribution < -0.4 is 10.1 Å². The molecule has 0 unspecified atom stereocenters. The van der Waals surface area contributed by atoms with Gasteiger partial charge in [-0.3, -0.25) is 9.59 Å². The molecule has 2 heterocycles. The lowest BCUT2D eigenvalue weighted by molar-refractivity contribution is -0.115. The van der Waals surface area contributed by atoms with E-state index in [0.29, 0.717) is 23.2 Å². The number of carbonyl (C=O) groups excluding carboxylic acids is 4. The highest BCUT2D eigenvalue weighted by Crippen LogP contribution is 2.38. The summed E-state index contributed by atoms with van der Waals surface area (Å²) < 4.78 is 38.2. The van der Waals surface area contributed by atoms with Crippen molar-refractivity contribution in [2.24, 2.45) is 4.99 Å². The van der Waals surface area contributed by atoms with Crippen LogP contribution in [0.2, 0.25) is 0 Å². The maximum absolute atomic E-state index is 12.8. The summed E-state index contributed by atoms with van der Waals surface area (Å²) in [6.45, 7) is 6.10. The van der Waals surface area contributed by atoms with Crippen LogP contribution in [0.3, 0.4) is 0 Å². The van der Waals surface area contributed by atoms with Gasteiger partial charge < -0.3 is 19.4 Å². The number of esters is 2. The Bertz CT molecular complexity index is 1680. The number of thiophene rings is 1. The van der Waals surface area contributed by atoms with E-state index < -0.39 is 45.1 Å². The van der Waals surface area contributed by atoms with E-state index in [4.69, 9.17) is 9.47 Å². The Balaban J connectivity index is 1.50. The Morgan fingerprint density at radius 3 is 2.39 bits per heavy atom. The van der Waals surface area contributed by atoms with E-state index in [9.17, 15) is 27.6 Å². The second-order valence-corrected chi connectivity index (χ2v) is 13.4. The maximum Gasteiger partial charge on any atom is 0.341 e. The molecule has 14 heteroatoms. The molecule has 1 aliphatic rings. The maximum atomic E-state index is 12.8. The number of aryl methyl sites for hydroxylation is 2. The van der Waals surface area contributed by atoms with Crippen molar-refractivity contribution < 1.29 is 37.1 Å². The predicted octanol–water partition coefficient (Wildman–Crippen LogP) is 3.50. The van der Waals surface area contributed by atoms with Crippen molar-refractivity contribution in [3.63, 3.8) is 0 Å². The number of sulfone groups is 1. The van der Waals surface area contributed by atoms with E-state index in [1.807, 2.05) is 6.92 Å². The first kappa shape index (κ1) is 30.6. The molecule has 0 bridgehead atoms. The van der Waals surface area contributed by atoms with Gasteiger partial charge in [0.2, 0.25) is 5.91 Å². The van der Waals surface area contributed by atoms with Crippen molar-refractivity contribution in [3.05, 3.63) is 44.6 Å². The molecule has 0 atom stereocenters. The Morgan fingerprint density at radius 1 is 0.976 bits per heavy atom. The van der Waals surface area contributed by atoms with Gasteiger partial charge in [-0.15, -0.1) is 11.3 Å². The van der Waals surface area contributed by atoms with Crippen LogP contribution in [0.5, 0.6) is 0 Å². The fourth-order valence-electron chi connectivity index (χ4n) is 4.62. The summed E-state index contributed by atoms with van der Waals surface area (Å²) in [5, 5.41) is 2.83. The lowest BCUT2D eigenvalue weighted by atomic mass is 9.95. The molecule has 41 heavy (non-hydrogen) atoms. The van der Waals surface area contributed by atoms with Crippen LogP contribution in [0.15, 0.2) is 23.2 Å². The highest BCUT2D eigenvalue weighted by molar-refractivity contribution is 7.92. The smallest absolute Gasteiger partial charge is 0.341 e. The van der Waals surface area contributed by atoms with Gasteiger partial charge in [-0.1, -0.05) is 11.3 Å². The number of hydrogen-bond donors (Lipinski definition) is 1. The number of ether oxygens (including phenoxy) is 2. The zero-order chi connectivity index (χ0) is 29.7. The number of aromatic nitrogens is 1. The summed E-state index contributed by atoms with van der Waals surface area (Å²) in [7, 11) is -4.17. The third-order valence-corrected chi connectivity index (χ3v) is 9.97. The zero-order valence-corrected chi connectivity index (χ0v) is 25.4. The monoisotopic (exact) mass is 621 g/mol. The van der Waals surface area contributed by atoms with Gasteiger partial charge in [-0.2, -0.15) is 4.99 Å². The van der Waals surface area contributed by atoms with Crippen LogP contribution in [-0.4, -0.2) is 61.5 Å². The van der Waals surface area contributed by atoms with Gasteiger partial charge in [0.25, 0.3) is 5.91 Å². The van der Waals surface area contributed by atoms with Crippen molar-refractivity contribution in [2.75, 3.05) is 30.0 Å². The van der Waals surface area contributed by atoms with Crippen LogP contribution in [-0.2, 0) is 48.3 Å². The van der Waals surface area contributed by atoms with Crippen molar-refractivity contribution in [1.82, 2.24) is 4.57 Å². The molecule has 0 saturated carbocycles. The number of anilines is 1. The molecule has 0 spiro atoms. The number of rotatable bonds is 10. The lowest BCUT2D eigenvalue weighted by Crippen LogP contribution is -2.28. The molecule has 2 amide bonds. The molecule has 1 aliphatic carbocycles. The summed E-state index contributed by atoms with van der Waals surface area (Å²) in [6.07, 6.45) is 3.33. The number of hydrogen-bond acceptors (Lipinski definition) is 10. The molecule has 0 aliphatic heterocycles. The molecular formula is C27H31N3O8S3. The number of amides is 2. The van der Waals surface area contributed by atoms with Gasteiger partial charge >= 0.3 is 11.9 Å². The number of benzene rings is 1. The number of thiazole rings is 1. The van der Waals surface area contributed by atoms with Crippen molar-refractivity contribution >= 4 is 71.5 Å². The second-order valence-electron chi connectivity index (χ2n) is 9.25. The number of fused-ring (bicyclic) bond motifs is 2. The van der Waals surface area contributed by atoms with Crippen LogP contribution in [0.25, 0.3) is 10.2 Å². The van der Waals surface area contributed by atoms with E-state index in [-0.39, 0.29) is 28.6 Å². The van der Waals surface area contributed by atoms with Crippen LogP contribution >= 0.6 is 22.7 Å². The normalized spacial score (nSPS) is 13.6. The zero-order valence-electron chi connectivity index (χ0n) is 23.0. The summed E-state index contributed by atoms with van der Waals surface area (Å²) in [6, 6.07) is 4.98. The average molecular weight is 622 g/mol. The number of nitrogens with one attached hydrogen (secondary N) is 1. The summed E-state index contributed by atoms with van der Waals surface area (Å²) >= 11 is 2.39. The first-order chi connectivity index (χ1) is 19.6.